The Balaban J connectivity index is 0.00000320. The van der Waals surface area contributed by atoms with Crippen molar-refractivity contribution in [2.75, 3.05) is 19.4 Å². The van der Waals surface area contributed by atoms with E-state index < -0.39 is 0 Å². The Bertz CT molecular complexity index is 842. The van der Waals surface area contributed by atoms with E-state index in [0.29, 0.717) is 6.54 Å². The summed E-state index contributed by atoms with van der Waals surface area (Å²) in [6.07, 6.45) is 7.65. The first-order chi connectivity index (χ1) is 14.1. The van der Waals surface area contributed by atoms with E-state index in [0.717, 1.165) is 49.4 Å². The summed E-state index contributed by atoms with van der Waals surface area (Å²) in [6, 6.07) is 12.2. The van der Waals surface area contributed by atoms with Gasteiger partial charge in [-0.05, 0) is 42.7 Å². The van der Waals surface area contributed by atoms with Gasteiger partial charge in [0.15, 0.2) is 5.96 Å². The summed E-state index contributed by atoms with van der Waals surface area (Å²) in [4.78, 5) is 19.0. The number of nitrogens with one attached hydrogen (secondary N) is 2. The highest BCUT2D eigenvalue weighted by Crippen LogP contribution is 2.25. The Morgan fingerprint density at radius 3 is 2.63 bits per heavy atom. The smallest absolute Gasteiger partial charge is 0.227 e. The Kier molecular flexibility index (Phi) is 9.68. The van der Waals surface area contributed by atoms with E-state index in [2.05, 4.69) is 37.2 Å². The SMILES string of the molecule is CN=C(NCc1cccc(NC(=O)C2CCCCC2)c1)N(C)Cc1cccn1C.I. The Morgan fingerprint density at radius 2 is 1.97 bits per heavy atom. The standard InChI is InChI=1S/C23H33N5O.HI/c1-24-23(28(3)17-21-13-8-14-27(21)2)25-16-18-9-7-12-20(15-18)26-22(29)19-10-5-4-6-11-19;/h7-9,12-15,19H,4-6,10-11,16-17H2,1-3H3,(H,24,25)(H,26,29);1H. The molecule has 0 unspecified atom stereocenters. The van der Waals surface area contributed by atoms with Gasteiger partial charge in [0, 0.05) is 51.2 Å². The number of rotatable bonds is 6. The predicted molar refractivity (Wildman–Crippen MR) is 134 cm³/mol. The third-order valence-electron chi connectivity index (χ3n) is 5.64. The first-order valence-corrected chi connectivity index (χ1v) is 10.5. The molecule has 0 bridgehead atoms. The molecular weight excluding hydrogens is 489 g/mol. The second-order valence-corrected chi connectivity index (χ2v) is 7.89. The Morgan fingerprint density at radius 1 is 1.20 bits per heavy atom. The van der Waals surface area contributed by atoms with Gasteiger partial charge < -0.3 is 20.1 Å². The zero-order chi connectivity index (χ0) is 20.6. The van der Waals surface area contributed by atoms with Crippen molar-refractivity contribution < 1.29 is 4.79 Å². The third-order valence-corrected chi connectivity index (χ3v) is 5.64. The van der Waals surface area contributed by atoms with Crippen molar-refractivity contribution in [1.29, 1.82) is 0 Å². The monoisotopic (exact) mass is 523 g/mol. The minimum Gasteiger partial charge on any atom is -0.353 e. The van der Waals surface area contributed by atoms with E-state index in [1.165, 1.54) is 12.1 Å². The summed E-state index contributed by atoms with van der Waals surface area (Å²) in [5.41, 5.74) is 3.20. The van der Waals surface area contributed by atoms with Gasteiger partial charge in [0.2, 0.25) is 5.91 Å². The van der Waals surface area contributed by atoms with Gasteiger partial charge in [-0.15, -0.1) is 24.0 Å². The first-order valence-electron chi connectivity index (χ1n) is 10.5. The van der Waals surface area contributed by atoms with Gasteiger partial charge in [-0.25, -0.2) is 0 Å². The highest BCUT2D eigenvalue weighted by atomic mass is 127. The number of halogens is 1. The van der Waals surface area contributed by atoms with Crippen LogP contribution in [-0.4, -0.2) is 35.4 Å². The molecule has 1 fully saturated rings. The second kappa shape index (κ2) is 12.0. The molecule has 164 valence electrons. The molecule has 1 aromatic heterocycles. The lowest BCUT2D eigenvalue weighted by atomic mass is 9.88. The minimum atomic E-state index is 0. The summed E-state index contributed by atoms with van der Waals surface area (Å²) in [5.74, 6) is 1.16. The van der Waals surface area contributed by atoms with E-state index >= 15 is 0 Å². The fourth-order valence-corrected chi connectivity index (χ4v) is 3.91. The number of amides is 1. The van der Waals surface area contributed by atoms with Gasteiger partial charge in [-0.3, -0.25) is 9.79 Å². The maximum Gasteiger partial charge on any atom is 0.227 e. The first kappa shape index (κ1) is 24.2. The number of hydrogen-bond donors (Lipinski definition) is 2. The molecule has 3 rings (SSSR count). The van der Waals surface area contributed by atoms with Crippen molar-refractivity contribution in [3.63, 3.8) is 0 Å². The molecule has 30 heavy (non-hydrogen) atoms. The van der Waals surface area contributed by atoms with Crippen LogP contribution >= 0.6 is 24.0 Å². The molecule has 1 aliphatic carbocycles. The van der Waals surface area contributed by atoms with E-state index in [1.54, 1.807) is 7.05 Å². The summed E-state index contributed by atoms with van der Waals surface area (Å²) in [7, 11) is 5.88. The van der Waals surface area contributed by atoms with E-state index in [9.17, 15) is 4.79 Å². The van der Waals surface area contributed by atoms with Gasteiger partial charge in [0.1, 0.15) is 0 Å². The average molecular weight is 523 g/mol. The number of anilines is 1. The number of aliphatic imine (C=N–C) groups is 1. The maximum atomic E-state index is 12.5. The number of guanidine groups is 1. The van der Waals surface area contributed by atoms with Crippen molar-refractivity contribution in [3.05, 3.63) is 53.9 Å². The summed E-state index contributed by atoms with van der Waals surface area (Å²) in [6.45, 7) is 1.43. The van der Waals surface area contributed by atoms with Gasteiger partial charge >= 0.3 is 0 Å². The number of nitrogens with zero attached hydrogens (tertiary/aromatic N) is 3. The van der Waals surface area contributed by atoms with Crippen molar-refractivity contribution in [3.8, 4) is 0 Å². The van der Waals surface area contributed by atoms with Crippen molar-refractivity contribution in [2.24, 2.45) is 18.0 Å². The predicted octanol–water partition coefficient (Wildman–Crippen LogP) is 4.37. The Labute approximate surface area is 197 Å². The van der Waals surface area contributed by atoms with Crippen LogP contribution in [-0.2, 0) is 24.9 Å². The lowest BCUT2D eigenvalue weighted by Gasteiger charge is -2.23. The van der Waals surface area contributed by atoms with Gasteiger partial charge in [0.25, 0.3) is 0 Å². The molecule has 1 aliphatic rings. The van der Waals surface area contributed by atoms with Gasteiger partial charge in [-0.1, -0.05) is 31.4 Å². The van der Waals surface area contributed by atoms with Crippen LogP contribution in [0.25, 0.3) is 0 Å². The van der Waals surface area contributed by atoms with E-state index in [4.69, 9.17) is 0 Å². The van der Waals surface area contributed by atoms with E-state index in [1.807, 2.05) is 44.6 Å². The molecule has 1 amide bonds. The molecule has 0 radical (unpaired) electrons. The number of carbonyl (C=O) groups excluding carboxylic acids is 1. The molecular formula is C23H34IN5O. The summed E-state index contributed by atoms with van der Waals surface area (Å²) >= 11 is 0. The number of carbonyl (C=O) groups is 1. The van der Waals surface area contributed by atoms with Crippen LogP contribution in [0.15, 0.2) is 47.6 Å². The molecule has 1 heterocycles. The van der Waals surface area contributed by atoms with Gasteiger partial charge in [-0.2, -0.15) is 0 Å². The average Bonchev–Trinajstić information content (AvgIpc) is 3.14. The highest BCUT2D eigenvalue weighted by Gasteiger charge is 2.21. The highest BCUT2D eigenvalue weighted by molar-refractivity contribution is 14.0. The molecule has 2 N–H and O–H groups in total. The number of aryl methyl sites for hydroxylation is 1. The molecule has 0 aliphatic heterocycles. The molecule has 6 nitrogen and oxygen atoms in total. The zero-order valence-electron chi connectivity index (χ0n) is 18.2. The van der Waals surface area contributed by atoms with Crippen LogP contribution in [0.5, 0.6) is 0 Å². The van der Waals surface area contributed by atoms with E-state index in [-0.39, 0.29) is 35.8 Å². The molecule has 0 saturated heterocycles. The fourth-order valence-electron chi connectivity index (χ4n) is 3.91. The molecule has 1 aromatic carbocycles. The molecule has 2 aromatic rings. The molecule has 1 saturated carbocycles. The summed E-state index contributed by atoms with van der Waals surface area (Å²) < 4.78 is 2.11. The van der Waals surface area contributed by atoms with Crippen molar-refractivity contribution in [2.45, 2.75) is 45.2 Å². The van der Waals surface area contributed by atoms with Crippen LogP contribution in [0, 0.1) is 5.92 Å². The van der Waals surface area contributed by atoms with Crippen LogP contribution in [0.2, 0.25) is 0 Å². The van der Waals surface area contributed by atoms with Crippen LogP contribution in [0.1, 0.15) is 43.4 Å². The van der Waals surface area contributed by atoms with Crippen LogP contribution in [0.4, 0.5) is 5.69 Å². The van der Waals surface area contributed by atoms with Crippen molar-refractivity contribution in [1.82, 2.24) is 14.8 Å². The normalized spacial score (nSPS) is 14.7. The molecule has 7 heteroatoms. The lowest BCUT2D eigenvalue weighted by molar-refractivity contribution is -0.120. The minimum absolute atomic E-state index is 0. The lowest BCUT2D eigenvalue weighted by Crippen LogP contribution is -2.38. The third kappa shape index (κ3) is 6.75. The quantitative estimate of drug-likeness (QED) is 0.336. The van der Waals surface area contributed by atoms with Crippen LogP contribution < -0.4 is 10.6 Å². The van der Waals surface area contributed by atoms with Crippen molar-refractivity contribution >= 4 is 41.5 Å². The zero-order valence-corrected chi connectivity index (χ0v) is 20.6. The Hall–Kier alpha value is -2.03. The largest absolute Gasteiger partial charge is 0.353 e. The topological polar surface area (TPSA) is 61.7 Å². The maximum absolute atomic E-state index is 12.5. The fraction of sp³-hybridized carbons (Fsp3) is 0.478. The van der Waals surface area contributed by atoms with Crippen LogP contribution in [0.3, 0.4) is 0 Å². The number of benzene rings is 1. The molecule has 0 atom stereocenters. The number of hydrogen-bond acceptors (Lipinski definition) is 2. The number of aromatic nitrogens is 1. The molecule has 0 spiro atoms. The second-order valence-electron chi connectivity index (χ2n) is 7.89. The van der Waals surface area contributed by atoms with Gasteiger partial charge in [0.05, 0.1) is 6.54 Å². The summed E-state index contributed by atoms with van der Waals surface area (Å²) in [5, 5.41) is 6.52.